The quantitative estimate of drug-likeness (QED) is 0.248. The molecule has 43 heavy (non-hydrogen) atoms. The van der Waals surface area contributed by atoms with Crippen LogP contribution < -0.4 is 5.32 Å². The van der Waals surface area contributed by atoms with Crippen LogP contribution >= 0.6 is 11.6 Å². The van der Waals surface area contributed by atoms with Gasteiger partial charge in [0, 0.05) is 45.8 Å². The summed E-state index contributed by atoms with van der Waals surface area (Å²) < 4.78 is 4.08. The van der Waals surface area contributed by atoms with E-state index in [4.69, 9.17) is 11.6 Å². The number of nitrogens with one attached hydrogen (secondary N) is 1. The normalized spacial score (nSPS) is 16.3. The van der Waals surface area contributed by atoms with Gasteiger partial charge in [0.25, 0.3) is 5.91 Å². The van der Waals surface area contributed by atoms with Crippen LogP contribution in [0.2, 0.25) is 5.02 Å². The van der Waals surface area contributed by atoms with Gasteiger partial charge in [0.2, 0.25) is 0 Å². The van der Waals surface area contributed by atoms with E-state index in [1.807, 2.05) is 36.5 Å². The van der Waals surface area contributed by atoms with Crippen molar-refractivity contribution in [1.29, 1.82) is 0 Å². The summed E-state index contributed by atoms with van der Waals surface area (Å²) in [6.07, 6.45) is 8.14. The van der Waals surface area contributed by atoms with Crippen LogP contribution in [0.5, 0.6) is 0 Å². The van der Waals surface area contributed by atoms with Crippen molar-refractivity contribution < 1.29 is 9.90 Å². The maximum absolute atomic E-state index is 14.0. The van der Waals surface area contributed by atoms with Crippen molar-refractivity contribution in [2.24, 2.45) is 0 Å². The number of carbonyl (C=O) groups excluding carboxylic acids is 1. The van der Waals surface area contributed by atoms with Crippen molar-refractivity contribution in [2.75, 3.05) is 0 Å². The van der Waals surface area contributed by atoms with Crippen LogP contribution in [0.1, 0.15) is 39.2 Å². The highest BCUT2D eigenvalue weighted by Crippen LogP contribution is 2.43. The van der Waals surface area contributed by atoms with E-state index in [2.05, 4.69) is 62.3 Å². The maximum atomic E-state index is 14.0. The number of aliphatic hydroxyl groups is 1. The van der Waals surface area contributed by atoms with E-state index < -0.39 is 5.54 Å². The summed E-state index contributed by atoms with van der Waals surface area (Å²) in [5, 5.41) is 22.4. The van der Waals surface area contributed by atoms with Crippen LogP contribution in [0.15, 0.2) is 97.8 Å². The van der Waals surface area contributed by atoms with Crippen molar-refractivity contribution in [1.82, 2.24) is 29.6 Å². The summed E-state index contributed by atoms with van der Waals surface area (Å²) in [7, 11) is 0. The fourth-order valence-electron chi connectivity index (χ4n) is 6.31. The second kappa shape index (κ2) is 10.8. The number of halogens is 1. The van der Waals surface area contributed by atoms with Crippen LogP contribution in [-0.4, -0.2) is 35.3 Å². The number of hydrogen-bond acceptors (Lipinski definition) is 5. The zero-order valence-corrected chi connectivity index (χ0v) is 24.3. The Labute approximate surface area is 253 Å². The first-order chi connectivity index (χ1) is 21.0. The lowest BCUT2D eigenvalue weighted by atomic mass is 9.81. The molecule has 0 radical (unpaired) electrons. The van der Waals surface area contributed by atoms with E-state index in [0.717, 1.165) is 50.8 Å². The Morgan fingerprint density at radius 3 is 2.60 bits per heavy atom. The third kappa shape index (κ3) is 4.78. The molecule has 3 aromatic heterocycles. The Hall–Kier alpha value is -4.79. The molecule has 6 aromatic rings. The molecule has 0 spiro atoms. The Kier molecular flexibility index (Phi) is 6.80. The average Bonchev–Trinajstić information content (AvgIpc) is 3.68. The van der Waals surface area contributed by atoms with E-state index in [0.29, 0.717) is 23.6 Å². The van der Waals surface area contributed by atoms with E-state index in [-0.39, 0.29) is 12.5 Å². The molecule has 0 aliphatic carbocycles. The number of rotatable bonds is 6. The average molecular weight is 589 g/mol. The zero-order chi connectivity index (χ0) is 29.6. The lowest BCUT2D eigenvalue weighted by Gasteiger charge is -2.40. The Morgan fingerprint density at radius 1 is 1.02 bits per heavy atom. The minimum atomic E-state index is -0.680. The number of aromatic nitrogens is 5. The second-order valence-corrected chi connectivity index (χ2v) is 11.5. The first-order valence-electron chi connectivity index (χ1n) is 14.2. The SMILES string of the molecule is Cc1ccc2c(c1)c(-c1cncc(CO)c1)c1n2C[C@@](NC(=O)c2ccc(-n3cnnc3)cc2Cl)(c2ccccc2)CC1. The van der Waals surface area contributed by atoms with Gasteiger partial charge in [0.05, 0.1) is 29.3 Å². The summed E-state index contributed by atoms with van der Waals surface area (Å²) in [4.78, 5) is 18.4. The Bertz CT molecular complexity index is 1970. The Morgan fingerprint density at radius 2 is 1.84 bits per heavy atom. The molecule has 7 rings (SSSR count). The van der Waals surface area contributed by atoms with Crippen LogP contribution in [0.4, 0.5) is 0 Å². The second-order valence-electron chi connectivity index (χ2n) is 11.1. The number of carbonyl (C=O) groups is 1. The molecular weight excluding hydrogens is 560 g/mol. The van der Waals surface area contributed by atoms with Gasteiger partial charge in [0.1, 0.15) is 12.7 Å². The number of benzene rings is 3. The molecule has 0 bridgehead atoms. The fourth-order valence-corrected chi connectivity index (χ4v) is 6.57. The largest absolute Gasteiger partial charge is 0.392 e. The van der Waals surface area contributed by atoms with Crippen LogP contribution in [0.25, 0.3) is 27.7 Å². The zero-order valence-electron chi connectivity index (χ0n) is 23.5. The van der Waals surface area contributed by atoms with Gasteiger partial charge < -0.3 is 15.0 Å². The molecule has 214 valence electrons. The summed E-state index contributed by atoms with van der Waals surface area (Å²) in [6.45, 7) is 2.57. The number of hydrogen-bond donors (Lipinski definition) is 2. The lowest BCUT2D eigenvalue weighted by Crippen LogP contribution is -2.51. The van der Waals surface area contributed by atoms with Gasteiger partial charge in [-0.1, -0.05) is 53.6 Å². The van der Waals surface area contributed by atoms with Gasteiger partial charge in [-0.25, -0.2) is 0 Å². The van der Waals surface area contributed by atoms with Gasteiger partial charge in [0.15, 0.2) is 0 Å². The van der Waals surface area contributed by atoms with E-state index in [1.54, 1.807) is 35.6 Å². The smallest absolute Gasteiger partial charge is 0.253 e. The summed E-state index contributed by atoms with van der Waals surface area (Å²) >= 11 is 6.68. The Balaban J connectivity index is 1.33. The number of aryl methyl sites for hydroxylation is 1. The molecule has 0 fully saturated rings. The number of amides is 1. The molecule has 4 heterocycles. The predicted octanol–water partition coefficient (Wildman–Crippen LogP) is 6.01. The molecular formula is C34H29ClN6O2. The summed E-state index contributed by atoms with van der Waals surface area (Å²) in [5.74, 6) is -0.236. The van der Waals surface area contributed by atoms with Crippen molar-refractivity contribution in [3.8, 4) is 16.8 Å². The van der Waals surface area contributed by atoms with Crippen molar-refractivity contribution in [3.63, 3.8) is 0 Å². The molecule has 3 aromatic carbocycles. The lowest BCUT2D eigenvalue weighted by molar-refractivity contribution is 0.0868. The third-order valence-electron chi connectivity index (χ3n) is 8.40. The highest BCUT2D eigenvalue weighted by molar-refractivity contribution is 6.34. The van der Waals surface area contributed by atoms with Gasteiger partial charge in [-0.3, -0.25) is 14.3 Å². The molecule has 0 unspecified atom stereocenters. The van der Waals surface area contributed by atoms with Crippen LogP contribution in [0.3, 0.4) is 0 Å². The highest BCUT2D eigenvalue weighted by Gasteiger charge is 2.40. The topological polar surface area (TPSA) is 97.9 Å². The first-order valence-corrected chi connectivity index (χ1v) is 14.5. The molecule has 9 heteroatoms. The number of nitrogens with zero attached hydrogens (tertiary/aromatic N) is 5. The van der Waals surface area contributed by atoms with Gasteiger partial charge in [-0.2, -0.15) is 0 Å². The van der Waals surface area contributed by atoms with Crippen molar-refractivity contribution >= 4 is 28.4 Å². The number of aliphatic hydroxyl groups excluding tert-OH is 1. The van der Waals surface area contributed by atoms with Gasteiger partial charge in [-0.05, 0) is 67.3 Å². The molecule has 1 amide bonds. The fraction of sp³-hybridized carbons (Fsp3) is 0.176. The van der Waals surface area contributed by atoms with Crippen molar-refractivity contribution in [2.45, 2.75) is 38.5 Å². The van der Waals surface area contributed by atoms with E-state index in [1.165, 1.54) is 5.69 Å². The summed E-state index contributed by atoms with van der Waals surface area (Å²) in [6, 6.07) is 24.0. The standard InChI is InChI=1S/C34H29ClN6O2/c1-22-7-10-30-28(13-22)32(24-14-23(18-42)16-36-17-24)31-11-12-34(19-41(30)31,25-5-3-2-4-6-25)39-33(43)27-9-8-26(15-29(27)35)40-20-37-38-21-40/h2-10,13-17,20-21,42H,11-12,18-19H2,1H3,(H,39,43)/t34-/m1/s1. The molecule has 0 saturated heterocycles. The van der Waals surface area contributed by atoms with Crippen LogP contribution in [-0.2, 0) is 25.1 Å². The molecule has 8 nitrogen and oxygen atoms in total. The maximum Gasteiger partial charge on any atom is 0.253 e. The minimum Gasteiger partial charge on any atom is -0.392 e. The van der Waals surface area contributed by atoms with Crippen LogP contribution in [0, 0.1) is 6.92 Å². The molecule has 1 aliphatic heterocycles. The number of pyridine rings is 1. The third-order valence-corrected chi connectivity index (χ3v) is 8.72. The minimum absolute atomic E-state index is 0.0697. The van der Waals surface area contributed by atoms with E-state index >= 15 is 0 Å². The van der Waals surface area contributed by atoms with E-state index in [9.17, 15) is 9.90 Å². The molecule has 0 saturated carbocycles. The summed E-state index contributed by atoms with van der Waals surface area (Å²) in [5.41, 5.74) is 7.85. The predicted molar refractivity (Wildman–Crippen MR) is 166 cm³/mol. The molecule has 1 atom stereocenters. The number of fused-ring (bicyclic) bond motifs is 3. The van der Waals surface area contributed by atoms with Gasteiger partial charge >= 0.3 is 0 Å². The van der Waals surface area contributed by atoms with Gasteiger partial charge in [-0.15, -0.1) is 10.2 Å². The monoisotopic (exact) mass is 588 g/mol. The molecule has 1 aliphatic rings. The molecule has 2 N–H and O–H groups in total. The van der Waals surface area contributed by atoms with Crippen molar-refractivity contribution in [3.05, 3.63) is 131 Å². The first kappa shape index (κ1) is 27.1. The highest BCUT2D eigenvalue weighted by atomic mass is 35.5.